The summed E-state index contributed by atoms with van der Waals surface area (Å²) in [5, 5.41) is 8.58. The van der Waals surface area contributed by atoms with Crippen LogP contribution < -0.4 is 0 Å². The third kappa shape index (κ3) is 0.881. The van der Waals surface area contributed by atoms with E-state index >= 15 is 0 Å². The minimum atomic E-state index is 0.197. The summed E-state index contributed by atoms with van der Waals surface area (Å²) >= 11 is 0. The highest BCUT2D eigenvalue weighted by atomic mass is 16.3. The van der Waals surface area contributed by atoms with Crippen LogP contribution in [0.1, 0.15) is 0 Å². The van der Waals surface area contributed by atoms with Gasteiger partial charge in [0, 0.05) is 6.08 Å². The maximum absolute atomic E-state index is 8.58. The second kappa shape index (κ2) is 1.59. The van der Waals surface area contributed by atoms with Crippen molar-refractivity contribution in [3.63, 3.8) is 0 Å². The molecule has 1 N–H and O–H groups in total. The molecule has 34 valence electrons. The van der Waals surface area contributed by atoms with Gasteiger partial charge in [0.05, 0.1) is 18.2 Å². The van der Waals surface area contributed by atoms with Gasteiger partial charge in [-0.05, 0) is 0 Å². The van der Waals surface area contributed by atoms with Crippen LogP contribution in [0.25, 0.3) is 0 Å². The summed E-state index contributed by atoms with van der Waals surface area (Å²) in [5.41, 5.74) is 0. The smallest absolute Gasteiger partial charge is 0.286 e. The Morgan fingerprint density at radius 1 is 1.43 bits per heavy atom. The molecule has 0 aliphatic heterocycles. The highest BCUT2D eigenvalue weighted by molar-refractivity contribution is 5.23. The molecular weight excluding hydrogens is 88.1 g/mol. The number of aliphatic hydroxyl groups excluding tert-OH is 1. The zero-order valence-corrected chi connectivity index (χ0v) is 3.76. The third-order valence-electron chi connectivity index (χ3n) is 0.693. The Balaban J connectivity index is 2.82. The van der Waals surface area contributed by atoms with Gasteiger partial charge in [-0.2, -0.15) is 0 Å². The number of hydrogen-bond acceptors (Lipinski definition) is 1. The second-order valence-corrected chi connectivity index (χ2v) is 1.25. The lowest BCUT2D eigenvalue weighted by atomic mass is 10.3. The summed E-state index contributed by atoms with van der Waals surface area (Å²) in [7, 11) is 0. The predicted molar refractivity (Wildman–Crippen MR) is 27.7 cm³/mol. The van der Waals surface area contributed by atoms with E-state index in [0.717, 1.165) is 0 Å². The van der Waals surface area contributed by atoms with E-state index in [1.807, 2.05) is 0 Å². The van der Waals surface area contributed by atoms with Crippen molar-refractivity contribution in [1.82, 2.24) is 0 Å². The van der Waals surface area contributed by atoms with Crippen LogP contribution >= 0.6 is 0 Å². The lowest BCUT2D eigenvalue weighted by Crippen LogP contribution is -1.74. The first-order chi connectivity index (χ1) is 3.39. The van der Waals surface area contributed by atoms with Crippen molar-refractivity contribution in [2.24, 2.45) is 0 Å². The molecule has 1 nitrogen and oxygen atoms in total. The van der Waals surface area contributed by atoms with E-state index in [1.165, 1.54) is 0 Å². The van der Waals surface area contributed by atoms with Gasteiger partial charge in [0.15, 0.2) is 0 Å². The van der Waals surface area contributed by atoms with Gasteiger partial charge < -0.3 is 5.11 Å². The fourth-order valence-electron chi connectivity index (χ4n) is 0.384. The molecule has 0 heterocycles. The standard InChI is InChI=1S/C6H4O/c7-6-4-2-1-3-5-6/h1-4H/p+1. The Hall–Kier alpha value is -1.07. The topological polar surface area (TPSA) is 20.2 Å². The lowest BCUT2D eigenvalue weighted by Gasteiger charge is -1.76. The van der Waals surface area contributed by atoms with Crippen LogP contribution in [0.3, 0.4) is 0 Å². The molecule has 0 saturated heterocycles. The number of aliphatic hydroxyl groups is 1. The van der Waals surface area contributed by atoms with Gasteiger partial charge in [-0.15, -0.1) is 0 Å². The first-order valence-corrected chi connectivity index (χ1v) is 2.05. The van der Waals surface area contributed by atoms with E-state index in [4.69, 9.17) is 5.11 Å². The average Bonchev–Trinajstić information content (AvgIpc) is 1.69. The van der Waals surface area contributed by atoms with Gasteiger partial charge in [-0.3, -0.25) is 0 Å². The molecule has 0 saturated carbocycles. The Morgan fingerprint density at radius 3 is 2.57 bits per heavy atom. The van der Waals surface area contributed by atoms with Gasteiger partial charge in [0.2, 0.25) is 0 Å². The molecule has 0 aromatic heterocycles. The Bertz CT molecular complexity index is 140. The highest BCUT2D eigenvalue weighted by Gasteiger charge is 1.94. The van der Waals surface area contributed by atoms with Crippen molar-refractivity contribution < 1.29 is 5.11 Å². The summed E-state index contributed by atoms with van der Waals surface area (Å²) in [6.07, 6.45) is 9.39. The molecule has 0 amide bonds. The summed E-state index contributed by atoms with van der Waals surface area (Å²) in [4.78, 5) is 0. The molecule has 0 spiro atoms. The molecule has 1 aliphatic carbocycles. The predicted octanol–water partition coefficient (Wildman–Crippen LogP) is 1.36. The molecule has 7 heavy (non-hydrogen) atoms. The average molecular weight is 93.1 g/mol. The fourth-order valence-corrected chi connectivity index (χ4v) is 0.384. The lowest BCUT2D eigenvalue weighted by molar-refractivity contribution is 0.429. The van der Waals surface area contributed by atoms with Crippen LogP contribution in [-0.2, 0) is 0 Å². The van der Waals surface area contributed by atoms with Crippen molar-refractivity contribution in [3.05, 3.63) is 36.1 Å². The summed E-state index contributed by atoms with van der Waals surface area (Å²) < 4.78 is 0. The maximum Gasteiger partial charge on any atom is 0.286 e. The fraction of sp³-hybridized carbons (Fsp3) is 0. The van der Waals surface area contributed by atoms with Crippen molar-refractivity contribution in [1.29, 1.82) is 0 Å². The third-order valence-corrected chi connectivity index (χ3v) is 0.693. The van der Waals surface area contributed by atoms with Gasteiger partial charge in [0.25, 0.3) is 5.76 Å². The van der Waals surface area contributed by atoms with Gasteiger partial charge >= 0.3 is 0 Å². The normalized spacial score (nSPS) is 15.7. The molecule has 0 unspecified atom stereocenters. The van der Waals surface area contributed by atoms with Crippen LogP contribution in [0.2, 0.25) is 0 Å². The SMILES string of the molecule is OC1=[C+]C=CC=C1. The van der Waals surface area contributed by atoms with E-state index in [1.54, 1.807) is 24.3 Å². The zero-order valence-electron chi connectivity index (χ0n) is 3.76. The van der Waals surface area contributed by atoms with Crippen LogP contribution in [0.5, 0.6) is 0 Å². The van der Waals surface area contributed by atoms with Crippen molar-refractivity contribution >= 4 is 0 Å². The molecule has 0 fully saturated rings. The summed E-state index contributed by atoms with van der Waals surface area (Å²) in [5.74, 6) is 0.197. The van der Waals surface area contributed by atoms with E-state index in [-0.39, 0.29) is 5.76 Å². The van der Waals surface area contributed by atoms with Crippen LogP contribution in [0.15, 0.2) is 30.1 Å². The molecule has 0 bridgehead atoms. The van der Waals surface area contributed by atoms with Crippen LogP contribution in [0.4, 0.5) is 0 Å². The van der Waals surface area contributed by atoms with Crippen molar-refractivity contribution in [3.8, 4) is 0 Å². The molecular formula is C6H5O+. The van der Waals surface area contributed by atoms with Gasteiger partial charge in [-0.1, -0.05) is 0 Å². The van der Waals surface area contributed by atoms with Crippen LogP contribution in [0, 0.1) is 6.08 Å². The molecule has 0 aromatic rings. The van der Waals surface area contributed by atoms with Crippen LogP contribution in [-0.4, -0.2) is 5.11 Å². The highest BCUT2D eigenvalue weighted by Crippen LogP contribution is 1.95. The first-order valence-electron chi connectivity index (χ1n) is 2.05. The number of allylic oxidation sites excluding steroid dienone is 5. The Kier molecular flexibility index (Phi) is 0.928. The molecule has 1 heteroatoms. The Labute approximate surface area is 42.3 Å². The summed E-state index contributed by atoms with van der Waals surface area (Å²) in [6.45, 7) is 0. The molecule has 1 rings (SSSR count). The minimum absolute atomic E-state index is 0.197. The van der Waals surface area contributed by atoms with E-state index in [2.05, 4.69) is 6.08 Å². The molecule has 0 radical (unpaired) electrons. The first kappa shape index (κ1) is 4.10. The van der Waals surface area contributed by atoms with E-state index in [0.29, 0.717) is 0 Å². The van der Waals surface area contributed by atoms with Crippen molar-refractivity contribution in [2.45, 2.75) is 0 Å². The quantitative estimate of drug-likeness (QED) is 0.448. The maximum atomic E-state index is 8.58. The van der Waals surface area contributed by atoms with E-state index < -0.39 is 0 Å². The minimum Gasteiger partial charge on any atom is -0.481 e. The Morgan fingerprint density at radius 2 is 2.29 bits per heavy atom. The summed E-state index contributed by atoms with van der Waals surface area (Å²) in [6, 6.07) is 0. The number of hydrogen-bond donors (Lipinski definition) is 1. The molecule has 1 aliphatic rings. The largest absolute Gasteiger partial charge is 0.481 e. The molecule has 0 aromatic carbocycles. The number of rotatable bonds is 0. The van der Waals surface area contributed by atoms with Gasteiger partial charge in [0.1, 0.15) is 6.08 Å². The molecule has 0 atom stereocenters. The monoisotopic (exact) mass is 93.0 g/mol. The van der Waals surface area contributed by atoms with Crippen molar-refractivity contribution in [2.75, 3.05) is 0 Å². The van der Waals surface area contributed by atoms with Gasteiger partial charge in [-0.25, -0.2) is 0 Å². The zero-order chi connectivity index (χ0) is 5.11. The van der Waals surface area contributed by atoms with E-state index in [9.17, 15) is 0 Å². The second-order valence-electron chi connectivity index (χ2n) is 1.25.